The van der Waals surface area contributed by atoms with E-state index in [1.165, 1.54) is 11.6 Å². The molecule has 4 aromatic rings. The molecule has 1 atom stereocenters. The Morgan fingerprint density at radius 3 is 2.74 bits per heavy atom. The number of rotatable bonds is 6. The molecule has 172 valence electrons. The molecule has 7 heteroatoms. The Morgan fingerprint density at radius 2 is 1.97 bits per heavy atom. The van der Waals surface area contributed by atoms with Gasteiger partial charge in [0.25, 0.3) is 0 Å². The van der Waals surface area contributed by atoms with Gasteiger partial charge in [-0.25, -0.2) is 4.79 Å². The summed E-state index contributed by atoms with van der Waals surface area (Å²) in [7, 11) is 0. The molecule has 1 aliphatic heterocycles. The van der Waals surface area contributed by atoms with Crippen LogP contribution < -0.4 is 10.4 Å². The highest BCUT2D eigenvalue weighted by atomic mass is 16.5. The van der Waals surface area contributed by atoms with E-state index in [2.05, 4.69) is 18.5 Å². The summed E-state index contributed by atoms with van der Waals surface area (Å²) >= 11 is 0. The molecule has 5 rings (SSSR count). The first-order chi connectivity index (χ1) is 16.6. The minimum atomic E-state index is -0.162. The van der Waals surface area contributed by atoms with Crippen LogP contribution in [0.15, 0.2) is 84.4 Å². The first-order valence-electron chi connectivity index (χ1n) is 11.4. The fraction of sp³-hybridized carbons (Fsp3) is 0.222. The Morgan fingerprint density at radius 1 is 1.15 bits per heavy atom. The van der Waals surface area contributed by atoms with Crippen LogP contribution in [0.1, 0.15) is 24.9 Å². The quantitative estimate of drug-likeness (QED) is 0.402. The van der Waals surface area contributed by atoms with Crippen molar-refractivity contribution in [3.63, 3.8) is 0 Å². The van der Waals surface area contributed by atoms with Gasteiger partial charge in [-0.05, 0) is 54.8 Å². The number of carbonyl (C=O) groups excluding carboxylic acids is 1. The average Bonchev–Trinajstić information content (AvgIpc) is 3.46. The lowest BCUT2D eigenvalue weighted by Crippen LogP contribution is -2.31. The zero-order valence-corrected chi connectivity index (χ0v) is 19.1. The topological polar surface area (TPSA) is 69.4 Å². The van der Waals surface area contributed by atoms with Gasteiger partial charge in [0, 0.05) is 25.4 Å². The lowest BCUT2D eigenvalue weighted by Gasteiger charge is -2.15. The summed E-state index contributed by atoms with van der Waals surface area (Å²) in [6.07, 6.45) is 6.38. The monoisotopic (exact) mass is 454 g/mol. The predicted molar refractivity (Wildman–Crippen MR) is 132 cm³/mol. The van der Waals surface area contributed by atoms with Crippen LogP contribution in [0.5, 0.6) is 11.5 Å². The fourth-order valence-corrected chi connectivity index (χ4v) is 4.57. The molecule has 2 aromatic carbocycles. The van der Waals surface area contributed by atoms with Gasteiger partial charge in [-0.15, -0.1) is 0 Å². The molecule has 2 aromatic heterocycles. The summed E-state index contributed by atoms with van der Waals surface area (Å²) in [5.74, 6) is 1.27. The van der Waals surface area contributed by atoms with Crippen LogP contribution in [0.4, 0.5) is 0 Å². The summed E-state index contributed by atoms with van der Waals surface area (Å²) in [6, 6.07) is 17.2. The van der Waals surface area contributed by atoms with Crippen LogP contribution in [-0.4, -0.2) is 38.0 Å². The largest absolute Gasteiger partial charge is 0.457 e. The van der Waals surface area contributed by atoms with Gasteiger partial charge in [0.05, 0.1) is 29.0 Å². The molecule has 0 N–H and O–H groups in total. The average molecular weight is 455 g/mol. The highest BCUT2D eigenvalue weighted by Crippen LogP contribution is 2.28. The molecular formula is C27H26N4O3. The van der Waals surface area contributed by atoms with Gasteiger partial charge < -0.3 is 9.64 Å². The number of ether oxygens (including phenoxy) is 1. The Hall–Kier alpha value is -4.13. The molecular weight excluding hydrogens is 428 g/mol. The van der Waals surface area contributed by atoms with E-state index in [-0.39, 0.29) is 17.6 Å². The maximum Gasteiger partial charge on any atom is 0.334 e. The Balaban J connectivity index is 1.53. The molecule has 1 fully saturated rings. The fourth-order valence-electron chi connectivity index (χ4n) is 4.57. The Bertz CT molecular complexity index is 1420. The minimum Gasteiger partial charge on any atom is -0.457 e. The first-order valence-corrected chi connectivity index (χ1v) is 11.4. The summed E-state index contributed by atoms with van der Waals surface area (Å²) < 4.78 is 9.50. The number of aryl methyl sites for hydroxylation is 1. The van der Waals surface area contributed by atoms with E-state index in [4.69, 9.17) is 4.74 Å². The Labute approximate surface area is 197 Å². The molecule has 0 bridgehead atoms. The van der Waals surface area contributed by atoms with Crippen molar-refractivity contribution < 1.29 is 9.53 Å². The Kier molecular flexibility index (Phi) is 5.76. The van der Waals surface area contributed by atoms with Gasteiger partial charge in [0.15, 0.2) is 0 Å². The third-order valence-corrected chi connectivity index (χ3v) is 6.33. The molecule has 0 aliphatic carbocycles. The van der Waals surface area contributed by atoms with Crippen LogP contribution in [0.3, 0.4) is 0 Å². The zero-order chi connectivity index (χ0) is 23.7. The number of nitrogens with zero attached hydrogens (tertiary/aromatic N) is 4. The molecule has 0 unspecified atom stereocenters. The number of likely N-dealkylation sites (tertiary alicyclic amines) is 1. The van der Waals surface area contributed by atoms with E-state index in [1.807, 2.05) is 54.6 Å². The van der Waals surface area contributed by atoms with Crippen LogP contribution >= 0.6 is 0 Å². The molecule has 0 saturated carbocycles. The van der Waals surface area contributed by atoms with Crippen molar-refractivity contribution in [3.8, 4) is 17.2 Å². The predicted octanol–water partition coefficient (Wildman–Crippen LogP) is 4.50. The second-order valence-corrected chi connectivity index (χ2v) is 8.38. The summed E-state index contributed by atoms with van der Waals surface area (Å²) in [4.78, 5) is 31.8. The SMILES string of the molecule is C=CC(=O)N1CC[C@@H](n2c(=O)n(-c3cccc(Oc4ccc(CC)cc4)c3)c3cnccc32)C1. The highest BCUT2D eigenvalue weighted by molar-refractivity contribution is 5.87. The number of fused-ring (bicyclic) bond motifs is 1. The maximum atomic E-state index is 13.7. The van der Waals surface area contributed by atoms with Gasteiger partial charge in [-0.1, -0.05) is 31.7 Å². The summed E-state index contributed by atoms with van der Waals surface area (Å²) in [6.45, 7) is 6.76. The van der Waals surface area contributed by atoms with E-state index < -0.39 is 0 Å². The van der Waals surface area contributed by atoms with E-state index in [0.717, 1.165) is 17.7 Å². The first kappa shape index (κ1) is 21.7. The molecule has 7 nitrogen and oxygen atoms in total. The molecule has 3 heterocycles. The normalized spacial score (nSPS) is 15.6. The standard InChI is InChI=1S/C27H26N4O3/c1-3-19-8-10-22(11-9-19)34-23-7-5-6-20(16-23)30-25-17-28-14-12-24(25)31(27(30)33)21-13-15-29(18-21)26(32)4-2/h4-12,14,16-17,21H,2-3,13,15,18H2,1H3/t21-/m1/s1. The van der Waals surface area contributed by atoms with Crippen LogP contribution in [0, 0.1) is 0 Å². The van der Waals surface area contributed by atoms with Gasteiger partial charge in [-0.3, -0.25) is 18.9 Å². The van der Waals surface area contributed by atoms with Crippen molar-refractivity contribution in [3.05, 3.63) is 95.7 Å². The number of carbonyl (C=O) groups is 1. The number of hydrogen-bond donors (Lipinski definition) is 0. The van der Waals surface area contributed by atoms with Crippen molar-refractivity contribution in [1.82, 2.24) is 19.0 Å². The molecule has 0 radical (unpaired) electrons. The highest BCUT2D eigenvalue weighted by Gasteiger charge is 2.30. The molecule has 1 aliphatic rings. The molecule has 1 amide bonds. The number of amides is 1. The number of imidazole rings is 1. The van der Waals surface area contributed by atoms with Gasteiger partial charge in [0.1, 0.15) is 11.5 Å². The van der Waals surface area contributed by atoms with Crippen molar-refractivity contribution >= 4 is 16.9 Å². The van der Waals surface area contributed by atoms with Gasteiger partial charge in [-0.2, -0.15) is 0 Å². The third kappa shape index (κ3) is 3.90. The number of benzene rings is 2. The summed E-state index contributed by atoms with van der Waals surface area (Å²) in [5, 5.41) is 0. The molecule has 0 spiro atoms. The van der Waals surface area contributed by atoms with E-state index in [0.29, 0.717) is 36.5 Å². The lowest BCUT2D eigenvalue weighted by molar-refractivity contribution is -0.125. The smallest absolute Gasteiger partial charge is 0.334 e. The van der Waals surface area contributed by atoms with Gasteiger partial charge in [0.2, 0.25) is 5.91 Å². The van der Waals surface area contributed by atoms with Crippen molar-refractivity contribution in [2.24, 2.45) is 0 Å². The van der Waals surface area contributed by atoms with Crippen LogP contribution in [0.25, 0.3) is 16.7 Å². The van der Waals surface area contributed by atoms with Gasteiger partial charge >= 0.3 is 5.69 Å². The van der Waals surface area contributed by atoms with Crippen LogP contribution in [-0.2, 0) is 11.2 Å². The second kappa shape index (κ2) is 9.02. The molecule has 34 heavy (non-hydrogen) atoms. The van der Waals surface area contributed by atoms with E-state index in [9.17, 15) is 9.59 Å². The van der Waals surface area contributed by atoms with E-state index in [1.54, 1.807) is 26.4 Å². The minimum absolute atomic E-state index is 0.112. The number of pyridine rings is 1. The van der Waals surface area contributed by atoms with E-state index >= 15 is 0 Å². The lowest BCUT2D eigenvalue weighted by atomic mass is 10.2. The summed E-state index contributed by atoms with van der Waals surface area (Å²) in [5.41, 5.74) is 3.28. The van der Waals surface area contributed by atoms with Crippen molar-refractivity contribution in [2.75, 3.05) is 13.1 Å². The van der Waals surface area contributed by atoms with Crippen molar-refractivity contribution in [2.45, 2.75) is 25.8 Å². The third-order valence-electron chi connectivity index (χ3n) is 6.33. The van der Waals surface area contributed by atoms with Crippen molar-refractivity contribution in [1.29, 1.82) is 0 Å². The van der Waals surface area contributed by atoms with Crippen LogP contribution in [0.2, 0.25) is 0 Å². The number of aromatic nitrogens is 3. The zero-order valence-electron chi connectivity index (χ0n) is 19.1. The molecule has 1 saturated heterocycles. The second-order valence-electron chi connectivity index (χ2n) is 8.38. The number of hydrogen-bond acceptors (Lipinski definition) is 4. The maximum absolute atomic E-state index is 13.7.